The number of fused-ring (bicyclic) bond motifs is 1. The smallest absolute Gasteiger partial charge is 0.293 e. The van der Waals surface area contributed by atoms with Crippen molar-refractivity contribution in [1.29, 1.82) is 0 Å². The number of rotatable bonds is 3. The van der Waals surface area contributed by atoms with Crippen molar-refractivity contribution in [2.45, 2.75) is 6.61 Å². The van der Waals surface area contributed by atoms with Crippen molar-refractivity contribution < 1.29 is 19.0 Å². The average molecular weight is 180 g/mol. The lowest BCUT2D eigenvalue weighted by Crippen LogP contribution is -1.93. The lowest BCUT2D eigenvalue weighted by Gasteiger charge is -2.00. The summed E-state index contributed by atoms with van der Waals surface area (Å²) in [6.45, 7) is 0.943. The van der Waals surface area contributed by atoms with E-state index in [1.54, 1.807) is 12.1 Å². The molecule has 0 atom stereocenters. The number of hydrogen-bond acceptors (Lipinski definition) is 4. The van der Waals surface area contributed by atoms with E-state index in [9.17, 15) is 4.79 Å². The SMILES string of the molecule is O=COCc1ccc2c(c1)OCO2. The van der Waals surface area contributed by atoms with Gasteiger partial charge in [-0.2, -0.15) is 0 Å². The molecule has 0 unspecified atom stereocenters. The van der Waals surface area contributed by atoms with Crippen molar-refractivity contribution in [1.82, 2.24) is 0 Å². The molecule has 1 aliphatic rings. The number of benzene rings is 1. The fourth-order valence-electron chi connectivity index (χ4n) is 1.16. The van der Waals surface area contributed by atoms with Crippen molar-refractivity contribution in [3.8, 4) is 11.5 Å². The van der Waals surface area contributed by atoms with Crippen LogP contribution in [0.3, 0.4) is 0 Å². The maximum absolute atomic E-state index is 9.93. The van der Waals surface area contributed by atoms with Crippen molar-refractivity contribution in [2.24, 2.45) is 0 Å². The van der Waals surface area contributed by atoms with Gasteiger partial charge in [0.25, 0.3) is 6.47 Å². The van der Waals surface area contributed by atoms with E-state index >= 15 is 0 Å². The molecular weight excluding hydrogens is 172 g/mol. The largest absolute Gasteiger partial charge is 0.463 e. The number of hydrogen-bond donors (Lipinski definition) is 0. The number of carbonyl (C=O) groups excluding carboxylic acids is 1. The summed E-state index contributed by atoms with van der Waals surface area (Å²) in [4.78, 5) is 9.93. The van der Waals surface area contributed by atoms with E-state index in [2.05, 4.69) is 4.74 Å². The Bertz CT molecular complexity index is 321. The highest BCUT2D eigenvalue weighted by Crippen LogP contribution is 2.32. The lowest BCUT2D eigenvalue weighted by atomic mass is 10.2. The first-order chi connectivity index (χ1) is 6.40. The van der Waals surface area contributed by atoms with E-state index < -0.39 is 0 Å². The molecule has 0 saturated heterocycles. The summed E-state index contributed by atoms with van der Waals surface area (Å²) >= 11 is 0. The van der Waals surface area contributed by atoms with Crippen molar-refractivity contribution in [2.75, 3.05) is 6.79 Å². The second kappa shape index (κ2) is 3.35. The first-order valence-electron chi connectivity index (χ1n) is 3.84. The third-order valence-corrected chi connectivity index (χ3v) is 1.76. The monoisotopic (exact) mass is 180 g/mol. The van der Waals surface area contributed by atoms with E-state index in [1.165, 1.54) is 0 Å². The quantitative estimate of drug-likeness (QED) is 0.653. The van der Waals surface area contributed by atoms with Crippen LogP contribution in [-0.4, -0.2) is 13.3 Å². The minimum atomic E-state index is 0.257. The van der Waals surface area contributed by atoms with Crippen LogP contribution in [0.25, 0.3) is 0 Å². The van der Waals surface area contributed by atoms with Crippen LogP contribution in [0.2, 0.25) is 0 Å². The molecule has 1 aliphatic heterocycles. The van der Waals surface area contributed by atoms with Crippen LogP contribution in [0.1, 0.15) is 5.56 Å². The maximum Gasteiger partial charge on any atom is 0.293 e. The molecule has 0 bridgehead atoms. The Kier molecular flexibility index (Phi) is 2.04. The molecule has 13 heavy (non-hydrogen) atoms. The summed E-state index contributed by atoms with van der Waals surface area (Å²) in [5.41, 5.74) is 0.886. The number of carbonyl (C=O) groups is 1. The van der Waals surface area contributed by atoms with Gasteiger partial charge < -0.3 is 14.2 Å². The van der Waals surface area contributed by atoms with Crippen LogP contribution in [0.4, 0.5) is 0 Å². The lowest BCUT2D eigenvalue weighted by molar-refractivity contribution is -0.129. The predicted molar refractivity (Wildman–Crippen MR) is 43.4 cm³/mol. The van der Waals surface area contributed by atoms with Crippen LogP contribution in [0.15, 0.2) is 18.2 Å². The summed E-state index contributed by atoms with van der Waals surface area (Å²) in [6, 6.07) is 5.43. The fraction of sp³-hybridized carbons (Fsp3) is 0.222. The summed E-state index contributed by atoms with van der Waals surface area (Å²) < 4.78 is 14.9. The molecule has 0 aromatic heterocycles. The Morgan fingerprint density at radius 3 is 3.08 bits per heavy atom. The predicted octanol–water partition coefficient (Wildman–Crippen LogP) is 1.09. The van der Waals surface area contributed by atoms with Gasteiger partial charge in [0.2, 0.25) is 6.79 Å². The van der Waals surface area contributed by atoms with Gasteiger partial charge in [-0.15, -0.1) is 0 Å². The minimum absolute atomic E-state index is 0.257. The maximum atomic E-state index is 9.93. The van der Waals surface area contributed by atoms with Crippen molar-refractivity contribution >= 4 is 6.47 Å². The molecule has 0 amide bonds. The zero-order chi connectivity index (χ0) is 9.10. The third-order valence-electron chi connectivity index (χ3n) is 1.76. The molecule has 68 valence electrons. The highest BCUT2D eigenvalue weighted by atomic mass is 16.7. The second-order valence-electron chi connectivity index (χ2n) is 2.59. The molecule has 4 nitrogen and oxygen atoms in total. The third kappa shape index (κ3) is 1.56. The molecule has 0 radical (unpaired) electrons. The molecule has 0 aliphatic carbocycles. The standard InChI is InChI=1S/C9H8O4/c10-5-11-4-7-1-2-8-9(3-7)13-6-12-8/h1-3,5H,4,6H2. The van der Waals surface area contributed by atoms with Crippen LogP contribution in [0, 0.1) is 0 Å². The average Bonchev–Trinajstić information content (AvgIpc) is 2.61. The van der Waals surface area contributed by atoms with Crippen molar-refractivity contribution in [3.05, 3.63) is 23.8 Å². The Morgan fingerprint density at radius 1 is 1.38 bits per heavy atom. The van der Waals surface area contributed by atoms with E-state index in [0.29, 0.717) is 12.2 Å². The molecule has 0 N–H and O–H groups in total. The summed E-state index contributed by atoms with van der Waals surface area (Å²) in [5, 5.41) is 0. The van der Waals surface area contributed by atoms with Gasteiger partial charge in [-0.25, -0.2) is 0 Å². The normalized spacial score (nSPS) is 12.6. The van der Waals surface area contributed by atoms with E-state index in [1.807, 2.05) is 6.07 Å². The Hall–Kier alpha value is -1.71. The van der Waals surface area contributed by atoms with Crippen LogP contribution in [0.5, 0.6) is 11.5 Å². The molecule has 0 saturated carbocycles. The molecule has 0 spiro atoms. The highest BCUT2D eigenvalue weighted by molar-refractivity contribution is 5.45. The van der Waals surface area contributed by atoms with Gasteiger partial charge in [-0.05, 0) is 17.7 Å². The summed E-state index contributed by atoms with van der Waals surface area (Å²) in [6.07, 6.45) is 0. The second-order valence-corrected chi connectivity index (χ2v) is 2.59. The van der Waals surface area contributed by atoms with Gasteiger partial charge >= 0.3 is 0 Å². The first-order valence-corrected chi connectivity index (χ1v) is 3.84. The van der Waals surface area contributed by atoms with Crippen molar-refractivity contribution in [3.63, 3.8) is 0 Å². The molecule has 0 fully saturated rings. The van der Waals surface area contributed by atoms with Gasteiger partial charge in [0.1, 0.15) is 6.61 Å². The zero-order valence-electron chi connectivity index (χ0n) is 6.86. The highest BCUT2D eigenvalue weighted by Gasteiger charge is 2.12. The molecular formula is C9H8O4. The van der Waals surface area contributed by atoms with E-state index in [4.69, 9.17) is 9.47 Å². The Labute approximate surface area is 75.0 Å². The minimum Gasteiger partial charge on any atom is -0.463 e. The molecule has 2 rings (SSSR count). The Morgan fingerprint density at radius 2 is 2.23 bits per heavy atom. The molecule has 1 heterocycles. The molecule has 1 aromatic carbocycles. The van der Waals surface area contributed by atoms with E-state index in [0.717, 1.165) is 11.3 Å². The number of ether oxygens (including phenoxy) is 3. The van der Waals surface area contributed by atoms with Crippen LogP contribution < -0.4 is 9.47 Å². The van der Waals surface area contributed by atoms with Gasteiger partial charge in [0.15, 0.2) is 11.5 Å². The van der Waals surface area contributed by atoms with Crippen LogP contribution in [-0.2, 0) is 16.1 Å². The topological polar surface area (TPSA) is 44.8 Å². The fourth-order valence-corrected chi connectivity index (χ4v) is 1.16. The van der Waals surface area contributed by atoms with Gasteiger partial charge in [0.05, 0.1) is 0 Å². The van der Waals surface area contributed by atoms with Crippen LogP contribution >= 0.6 is 0 Å². The molecule has 1 aromatic rings. The van der Waals surface area contributed by atoms with Gasteiger partial charge in [-0.1, -0.05) is 6.07 Å². The first kappa shape index (κ1) is 7.91. The zero-order valence-corrected chi connectivity index (χ0v) is 6.86. The summed E-state index contributed by atoms with van der Waals surface area (Å²) in [5.74, 6) is 1.43. The van der Waals surface area contributed by atoms with E-state index in [-0.39, 0.29) is 13.4 Å². The Balaban J connectivity index is 2.16. The molecule has 4 heteroatoms. The van der Waals surface area contributed by atoms with Gasteiger partial charge in [0, 0.05) is 0 Å². The van der Waals surface area contributed by atoms with Gasteiger partial charge in [-0.3, -0.25) is 4.79 Å². The summed E-state index contributed by atoms with van der Waals surface area (Å²) in [7, 11) is 0.